The second kappa shape index (κ2) is 13.2. The number of nitrogens with zero attached hydrogens (tertiary/aromatic N) is 2. The van der Waals surface area contributed by atoms with Crippen LogP contribution in [0.4, 0.5) is 0 Å². The topological polar surface area (TPSA) is 25.8 Å². The highest BCUT2D eigenvalue weighted by Gasteiger charge is 2.20. The van der Waals surface area contributed by atoms with Crippen molar-refractivity contribution in [3.05, 3.63) is 206 Å². The summed E-state index contributed by atoms with van der Waals surface area (Å²) >= 11 is 0. The molecule has 0 radical (unpaired) electrons. The molecule has 0 aliphatic heterocycles. The van der Waals surface area contributed by atoms with Crippen molar-refractivity contribution in [3.8, 4) is 55.9 Å². The minimum Gasteiger partial charge on any atom is -0.244 e. The number of para-hydroxylation sites is 1. The van der Waals surface area contributed by atoms with Crippen molar-refractivity contribution in [2.45, 2.75) is 0 Å². The third-order valence-corrected chi connectivity index (χ3v) is 11.2. The molecule has 0 aliphatic rings. The number of benzene rings is 10. The standard InChI is InChI=1S/C54H34N2/c1-3-16-37(17-4-1)52-53(38-18-5-2-6-19-38)56-54-44(24-13-25-49(54)55-52)41-30-31-47-48(34-41)51(43-29-27-36-15-8-10-21-40(36)33-43)46-23-12-11-22-45(46)50(47)42-28-26-35-14-7-9-20-39(35)32-42/h1-34H. The molecule has 10 aromatic carbocycles. The molecule has 1 heterocycles. The van der Waals surface area contributed by atoms with Crippen LogP contribution in [-0.2, 0) is 0 Å². The summed E-state index contributed by atoms with van der Waals surface area (Å²) in [5.41, 5.74) is 12.6. The van der Waals surface area contributed by atoms with E-state index in [1.165, 1.54) is 65.3 Å². The van der Waals surface area contributed by atoms with Crippen LogP contribution >= 0.6 is 0 Å². The number of hydrogen-bond donors (Lipinski definition) is 0. The van der Waals surface area contributed by atoms with Gasteiger partial charge in [0.2, 0.25) is 0 Å². The molecule has 260 valence electrons. The van der Waals surface area contributed by atoms with Crippen molar-refractivity contribution in [3.63, 3.8) is 0 Å². The van der Waals surface area contributed by atoms with Crippen LogP contribution < -0.4 is 0 Å². The molecular formula is C54H34N2. The Hall–Kier alpha value is -7.42. The van der Waals surface area contributed by atoms with Crippen molar-refractivity contribution in [1.82, 2.24) is 9.97 Å². The van der Waals surface area contributed by atoms with Crippen LogP contribution in [0.5, 0.6) is 0 Å². The van der Waals surface area contributed by atoms with Gasteiger partial charge in [-0.25, -0.2) is 9.97 Å². The highest BCUT2D eigenvalue weighted by Crippen LogP contribution is 2.46. The monoisotopic (exact) mass is 710 g/mol. The van der Waals surface area contributed by atoms with Crippen LogP contribution in [-0.4, -0.2) is 9.97 Å². The maximum absolute atomic E-state index is 5.47. The van der Waals surface area contributed by atoms with E-state index in [0.29, 0.717) is 0 Å². The minimum absolute atomic E-state index is 0.867. The van der Waals surface area contributed by atoms with Crippen molar-refractivity contribution in [1.29, 1.82) is 0 Å². The molecule has 56 heavy (non-hydrogen) atoms. The summed E-state index contributed by atoms with van der Waals surface area (Å²) in [5, 5.41) is 9.82. The van der Waals surface area contributed by atoms with Gasteiger partial charge in [0.1, 0.15) is 0 Å². The predicted molar refractivity (Wildman–Crippen MR) is 237 cm³/mol. The molecule has 1 aromatic heterocycles. The van der Waals surface area contributed by atoms with Crippen LogP contribution in [0.15, 0.2) is 206 Å². The molecule has 0 fully saturated rings. The first-order chi connectivity index (χ1) is 27.8. The highest BCUT2D eigenvalue weighted by atomic mass is 14.8. The first kappa shape index (κ1) is 32.0. The highest BCUT2D eigenvalue weighted by molar-refractivity contribution is 6.23. The van der Waals surface area contributed by atoms with Crippen LogP contribution in [0.25, 0.3) is 110 Å². The van der Waals surface area contributed by atoms with E-state index in [4.69, 9.17) is 9.97 Å². The van der Waals surface area contributed by atoms with Crippen LogP contribution in [0, 0.1) is 0 Å². The number of fused-ring (bicyclic) bond motifs is 5. The summed E-state index contributed by atoms with van der Waals surface area (Å²) in [6, 6.07) is 74.1. The Bertz CT molecular complexity index is 3290. The molecule has 2 nitrogen and oxygen atoms in total. The lowest BCUT2D eigenvalue weighted by molar-refractivity contribution is 1.29. The lowest BCUT2D eigenvalue weighted by Gasteiger charge is -2.19. The average Bonchev–Trinajstić information content (AvgIpc) is 3.27. The quantitative estimate of drug-likeness (QED) is 0.166. The van der Waals surface area contributed by atoms with E-state index < -0.39 is 0 Å². The van der Waals surface area contributed by atoms with Gasteiger partial charge in [0.25, 0.3) is 0 Å². The fourth-order valence-electron chi connectivity index (χ4n) is 8.56. The summed E-state index contributed by atoms with van der Waals surface area (Å²) in [6.07, 6.45) is 0. The van der Waals surface area contributed by atoms with E-state index in [-0.39, 0.29) is 0 Å². The molecule has 0 bridgehead atoms. The van der Waals surface area contributed by atoms with E-state index in [1.807, 2.05) is 12.1 Å². The minimum atomic E-state index is 0.867. The van der Waals surface area contributed by atoms with Crippen molar-refractivity contribution >= 4 is 54.1 Å². The molecular weight excluding hydrogens is 677 g/mol. The van der Waals surface area contributed by atoms with E-state index in [9.17, 15) is 0 Å². The fraction of sp³-hybridized carbons (Fsp3) is 0. The van der Waals surface area contributed by atoms with E-state index in [2.05, 4.69) is 194 Å². The van der Waals surface area contributed by atoms with Gasteiger partial charge in [0.15, 0.2) is 0 Å². The molecule has 0 spiro atoms. The normalized spacial score (nSPS) is 11.6. The molecule has 0 aliphatic carbocycles. The molecule has 0 N–H and O–H groups in total. The van der Waals surface area contributed by atoms with Gasteiger partial charge in [-0.15, -0.1) is 0 Å². The number of rotatable bonds is 5. The Morgan fingerprint density at radius 1 is 0.268 bits per heavy atom. The predicted octanol–water partition coefficient (Wildman–Crippen LogP) is 14.6. The zero-order chi connectivity index (χ0) is 37.0. The van der Waals surface area contributed by atoms with Gasteiger partial charge >= 0.3 is 0 Å². The molecule has 0 atom stereocenters. The third kappa shape index (κ3) is 5.34. The molecule has 11 rings (SSSR count). The Morgan fingerprint density at radius 2 is 0.750 bits per heavy atom. The molecule has 0 amide bonds. The Morgan fingerprint density at radius 3 is 1.36 bits per heavy atom. The first-order valence-electron chi connectivity index (χ1n) is 19.2. The van der Waals surface area contributed by atoms with Gasteiger partial charge in [0, 0.05) is 16.7 Å². The molecule has 0 unspecified atom stereocenters. The van der Waals surface area contributed by atoms with Gasteiger partial charge in [-0.2, -0.15) is 0 Å². The van der Waals surface area contributed by atoms with Crippen LogP contribution in [0.2, 0.25) is 0 Å². The molecule has 11 aromatic rings. The SMILES string of the molecule is c1ccc(-c2nc3cccc(-c4ccc5c(-c6ccc7ccccc7c6)c6ccccc6c(-c6ccc7ccccc7c6)c5c4)c3nc2-c2ccccc2)cc1. The van der Waals surface area contributed by atoms with Crippen molar-refractivity contribution in [2.75, 3.05) is 0 Å². The molecule has 2 heteroatoms. The van der Waals surface area contributed by atoms with Crippen LogP contribution in [0.3, 0.4) is 0 Å². The maximum atomic E-state index is 5.47. The second-order valence-electron chi connectivity index (χ2n) is 14.5. The van der Waals surface area contributed by atoms with Gasteiger partial charge in [0.05, 0.1) is 22.4 Å². The van der Waals surface area contributed by atoms with Gasteiger partial charge in [-0.3, -0.25) is 0 Å². The van der Waals surface area contributed by atoms with Crippen LogP contribution in [0.1, 0.15) is 0 Å². The second-order valence-corrected chi connectivity index (χ2v) is 14.5. The van der Waals surface area contributed by atoms with Crippen molar-refractivity contribution < 1.29 is 0 Å². The van der Waals surface area contributed by atoms with E-state index in [0.717, 1.165) is 44.7 Å². The Kier molecular flexibility index (Phi) is 7.53. The summed E-state index contributed by atoms with van der Waals surface area (Å²) in [7, 11) is 0. The maximum Gasteiger partial charge on any atom is 0.0973 e. The Balaban J connectivity index is 1.22. The molecule has 0 saturated heterocycles. The van der Waals surface area contributed by atoms with E-state index >= 15 is 0 Å². The third-order valence-electron chi connectivity index (χ3n) is 11.2. The summed E-state index contributed by atoms with van der Waals surface area (Å²) in [4.78, 5) is 10.8. The molecule has 0 saturated carbocycles. The number of aromatic nitrogens is 2. The van der Waals surface area contributed by atoms with Gasteiger partial charge < -0.3 is 0 Å². The fourth-order valence-corrected chi connectivity index (χ4v) is 8.56. The lowest BCUT2D eigenvalue weighted by atomic mass is 9.84. The Labute approximate surface area is 325 Å². The first-order valence-corrected chi connectivity index (χ1v) is 19.2. The summed E-state index contributed by atoms with van der Waals surface area (Å²) in [5.74, 6) is 0. The lowest BCUT2D eigenvalue weighted by Crippen LogP contribution is -1.97. The zero-order valence-corrected chi connectivity index (χ0v) is 30.5. The smallest absolute Gasteiger partial charge is 0.0973 e. The summed E-state index contributed by atoms with van der Waals surface area (Å²) in [6.45, 7) is 0. The van der Waals surface area contributed by atoms with Gasteiger partial charge in [-0.05, 0) is 95.2 Å². The van der Waals surface area contributed by atoms with Gasteiger partial charge in [-0.1, -0.05) is 182 Å². The zero-order valence-electron chi connectivity index (χ0n) is 30.5. The van der Waals surface area contributed by atoms with E-state index in [1.54, 1.807) is 0 Å². The largest absolute Gasteiger partial charge is 0.244 e. The number of hydrogen-bond acceptors (Lipinski definition) is 2. The van der Waals surface area contributed by atoms with Crippen molar-refractivity contribution in [2.24, 2.45) is 0 Å². The average molecular weight is 711 g/mol. The summed E-state index contributed by atoms with van der Waals surface area (Å²) < 4.78 is 0.